The Morgan fingerprint density at radius 3 is 2.62 bits per heavy atom. The van der Waals surface area contributed by atoms with E-state index in [2.05, 4.69) is 10.0 Å². The molecule has 1 rings (SSSR count). The molecule has 1 aromatic carbocycles. The van der Waals surface area contributed by atoms with E-state index in [0.29, 0.717) is 5.56 Å². The Labute approximate surface area is 93.7 Å². The summed E-state index contributed by atoms with van der Waals surface area (Å²) in [6, 6.07) is 6.32. The molecule has 0 saturated carbocycles. The van der Waals surface area contributed by atoms with E-state index in [4.69, 9.17) is 10.3 Å². The van der Waals surface area contributed by atoms with Crippen LogP contribution in [0.4, 0.5) is 0 Å². The second-order valence-electron chi connectivity index (χ2n) is 3.27. The van der Waals surface area contributed by atoms with Crippen LogP contribution in [0, 0.1) is 6.92 Å². The van der Waals surface area contributed by atoms with Gasteiger partial charge in [-0.15, -0.1) is 0 Å². The molecule has 5 nitrogen and oxygen atoms in total. The minimum Gasteiger partial charge on any atom is -0.465 e. The molecule has 0 heterocycles. The van der Waals surface area contributed by atoms with E-state index < -0.39 is 12.0 Å². The predicted octanol–water partition coefficient (Wildman–Crippen LogP) is 2.91. The van der Waals surface area contributed by atoms with Crippen molar-refractivity contribution in [2.45, 2.75) is 19.9 Å². The molecule has 0 aliphatic heterocycles. The molecule has 0 bridgehead atoms. The number of hydrogen-bond acceptors (Lipinski definition) is 3. The Balaban J connectivity index is 2.97. The largest absolute Gasteiger partial charge is 0.465 e. The van der Waals surface area contributed by atoms with E-state index in [-0.39, 0.29) is 6.61 Å². The standard InChI is InChI=1S/C11H13N3O2/c1-3-16-11(15)10(13-14-12)9-6-4-8(2)5-7-9/h4-7,10H,3H2,1-2H3. The highest BCUT2D eigenvalue weighted by Gasteiger charge is 2.19. The molecule has 5 heteroatoms. The second-order valence-corrected chi connectivity index (χ2v) is 3.27. The van der Waals surface area contributed by atoms with Crippen molar-refractivity contribution in [3.8, 4) is 0 Å². The van der Waals surface area contributed by atoms with Crippen LogP contribution in [0.15, 0.2) is 29.4 Å². The number of nitrogens with zero attached hydrogens (tertiary/aromatic N) is 3. The van der Waals surface area contributed by atoms with E-state index >= 15 is 0 Å². The summed E-state index contributed by atoms with van der Waals surface area (Å²) in [7, 11) is 0. The SMILES string of the molecule is CCOC(=O)C(N=[N+]=[N-])c1ccc(C)cc1. The quantitative estimate of drug-likeness (QED) is 0.338. The molecule has 0 radical (unpaired) electrons. The lowest BCUT2D eigenvalue weighted by Crippen LogP contribution is -2.13. The minimum atomic E-state index is -0.898. The number of azide groups is 1. The highest BCUT2D eigenvalue weighted by atomic mass is 16.5. The lowest BCUT2D eigenvalue weighted by Gasteiger charge is -2.10. The van der Waals surface area contributed by atoms with Gasteiger partial charge in [-0.2, -0.15) is 0 Å². The van der Waals surface area contributed by atoms with E-state index in [1.807, 2.05) is 19.1 Å². The number of rotatable bonds is 4. The zero-order valence-corrected chi connectivity index (χ0v) is 9.25. The maximum absolute atomic E-state index is 11.5. The molecule has 0 aliphatic carbocycles. The number of carbonyl (C=O) groups is 1. The maximum atomic E-state index is 11.5. The van der Waals surface area contributed by atoms with Gasteiger partial charge in [0.1, 0.15) is 0 Å². The fourth-order valence-electron chi connectivity index (χ4n) is 1.27. The van der Waals surface area contributed by atoms with Gasteiger partial charge < -0.3 is 4.74 Å². The summed E-state index contributed by atoms with van der Waals surface area (Å²) in [5.74, 6) is -0.524. The molecule has 16 heavy (non-hydrogen) atoms. The van der Waals surface area contributed by atoms with Crippen molar-refractivity contribution in [2.24, 2.45) is 5.11 Å². The van der Waals surface area contributed by atoms with Crippen molar-refractivity contribution in [1.82, 2.24) is 0 Å². The molecule has 0 spiro atoms. The number of ether oxygens (including phenoxy) is 1. The Hall–Kier alpha value is -2.00. The van der Waals surface area contributed by atoms with Crippen molar-refractivity contribution in [2.75, 3.05) is 6.61 Å². The van der Waals surface area contributed by atoms with Crippen molar-refractivity contribution in [3.63, 3.8) is 0 Å². The zero-order chi connectivity index (χ0) is 12.0. The van der Waals surface area contributed by atoms with Crippen LogP contribution in [0.1, 0.15) is 24.1 Å². The van der Waals surface area contributed by atoms with Crippen molar-refractivity contribution in [1.29, 1.82) is 0 Å². The molecular formula is C11H13N3O2. The monoisotopic (exact) mass is 219 g/mol. The molecule has 0 amide bonds. The third kappa shape index (κ3) is 3.00. The van der Waals surface area contributed by atoms with Crippen LogP contribution in [-0.4, -0.2) is 12.6 Å². The summed E-state index contributed by atoms with van der Waals surface area (Å²) in [5.41, 5.74) is 10.1. The normalized spacial score (nSPS) is 11.4. The lowest BCUT2D eigenvalue weighted by atomic mass is 10.1. The van der Waals surface area contributed by atoms with E-state index in [9.17, 15) is 4.79 Å². The van der Waals surface area contributed by atoms with Gasteiger partial charge >= 0.3 is 5.97 Å². The third-order valence-electron chi connectivity index (χ3n) is 2.07. The smallest absolute Gasteiger partial charge is 0.319 e. The predicted molar refractivity (Wildman–Crippen MR) is 59.7 cm³/mol. The molecule has 1 aromatic rings. The molecule has 0 aliphatic rings. The van der Waals surface area contributed by atoms with Crippen LogP contribution in [0.3, 0.4) is 0 Å². The van der Waals surface area contributed by atoms with Crippen LogP contribution in [0.5, 0.6) is 0 Å². The zero-order valence-electron chi connectivity index (χ0n) is 9.25. The number of esters is 1. The fraction of sp³-hybridized carbons (Fsp3) is 0.364. The first-order valence-corrected chi connectivity index (χ1v) is 4.96. The second kappa shape index (κ2) is 5.78. The van der Waals surface area contributed by atoms with Gasteiger partial charge in [-0.1, -0.05) is 34.9 Å². The summed E-state index contributed by atoms with van der Waals surface area (Å²) >= 11 is 0. The molecule has 1 atom stereocenters. The Kier molecular flexibility index (Phi) is 4.36. The topological polar surface area (TPSA) is 75.1 Å². The van der Waals surface area contributed by atoms with Crippen LogP contribution in [0.25, 0.3) is 10.4 Å². The highest BCUT2D eigenvalue weighted by Crippen LogP contribution is 2.19. The third-order valence-corrected chi connectivity index (χ3v) is 2.07. The first-order valence-electron chi connectivity index (χ1n) is 4.96. The molecule has 0 fully saturated rings. The first-order chi connectivity index (χ1) is 7.69. The van der Waals surface area contributed by atoms with Crippen LogP contribution < -0.4 is 0 Å². The molecule has 84 valence electrons. The lowest BCUT2D eigenvalue weighted by molar-refractivity contribution is -0.144. The van der Waals surface area contributed by atoms with E-state index in [0.717, 1.165) is 5.56 Å². The molecule has 0 aromatic heterocycles. The number of hydrogen-bond donors (Lipinski definition) is 0. The van der Waals surface area contributed by atoms with Crippen LogP contribution >= 0.6 is 0 Å². The molecule has 0 N–H and O–H groups in total. The minimum absolute atomic E-state index is 0.266. The van der Waals surface area contributed by atoms with Gasteiger partial charge in [0.2, 0.25) is 0 Å². The molecule has 0 saturated heterocycles. The van der Waals surface area contributed by atoms with Gasteiger partial charge in [0.05, 0.1) is 6.61 Å². The Bertz CT molecular complexity index is 408. The van der Waals surface area contributed by atoms with Gasteiger partial charge in [0.15, 0.2) is 6.04 Å². The van der Waals surface area contributed by atoms with Crippen molar-refractivity contribution in [3.05, 3.63) is 45.8 Å². The van der Waals surface area contributed by atoms with E-state index in [1.165, 1.54) is 0 Å². The van der Waals surface area contributed by atoms with Crippen molar-refractivity contribution >= 4 is 5.97 Å². The van der Waals surface area contributed by atoms with Gasteiger partial charge in [0, 0.05) is 4.91 Å². The molecule has 1 unspecified atom stereocenters. The van der Waals surface area contributed by atoms with Crippen LogP contribution in [0.2, 0.25) is 0 Å². The Morgan fingerprint density at radius 2 is 2.12 bits per heavy atom. The highest BCUT2D eigenvalue weighted by molar-refractivity contribution is 5.77. The van der Waals surface area contributed by atoms with Gasteiger partial charge in [-0.05, 0) is 24.9 Å². The summed E-state index contributed by atoms with van der Waals surface area (Å²) in [5, 5.41) is 3.45. The average molecular weight is 219 g/mol. The Morgan fingerprint density at radius 1 is 1.50 bits per heavy atom. The number of benzene rings is 1. The van der Waals surface area contributed by atoms with Crippen LogP contribution in [-0.2, 0) is 9.53 Å². The van der Waals surface area contributed by atoms with Crippen molar-refractivity contribution < 1.29 is 9.53 Å². The number of aryl methyl sites for hydroxylation is 1. The average Bonchev–Trinajstić information content (AvgIpc) is 2.28. The summed E-state index contributed by atoms with van der Waals surface area (Å²) in [6.45, 7) is 3.92. The van der Waals surface area contributed by atoms with Gasteiger partial charge in [-0.3, -0.25) is 4.79 Å². The summed E-state index contributed by atoms with van der Waals surface area (Å²) < 4.78 is 4.84. The number of carbonyl (C=O) groups excluding carboxylic acids is 1. The van der Waals surface area contributed by atoms with Gasteiger partial charge in [-0.25, -0.2) is 0 Å². The fourth-order valence-corrected chi connectivity index (χ4v) is 1.27. The van der Waals surface area contributed by atoms with E-state index in [1.54, 1.807) is 19.1 Å². The first kappa shape index (κ1) is 12.1. The summed E-state index contributed by atoms with van der Waals surface area (Å²) in [4.78, 5) is 14.2. The molecular weight excluding hydrogens is 206 g/mol. The van der Waals surface area contributed by atoms with Gasteiger partial charge in [0.25, 0.3) is 0 Å². The summed E-state index contributed by atoms with van der Waals surface area (Å²) in [6.07, 6.45) is 0. The maximum Gasteiger partial charge on any atom is 0.319 e.